The largest absolute Gasteiger partial charge is 0.328 e. The standard InChI is InChI=1S/C14H29N3O/c1-5-17(6-2)13(18)16(4)14(11-15)9-7-12(3)8-10-14/h12H,5-11,15H2,1-4H3. The minimum absolute atomic E-state index is 0.119. The summed E-state index contributed by atoms with van der Waals surface area (Å²) in [5, 5.41) is 0. The summed E-state index contributed by atoms with van der Waals surface area (Å²) in [5.74, 6) is 0.765. The summed E-state index contributed by atoms with van der Waals surface area (Å²) < 4.78 is 0. The van der Waals surface area contributed by atoms with Gasteiger partial charge in [0.05, 0.1) is 5.54 Å². The van der Waals surface area contributed by atoms with Crippen LogP contribution in [0, 0.1) is 5.92 Å². The molecular formula is C14H29N3O. The van der Waals surface area contributed by atoms with Crippen molar-refractivity contribution >= 4 is 6.03 Å². The van der Waals surface area contributed by atoms with Gasteiger partial charge in [0, 0.05) is 26.7 Å². The molecule has 1 aliphatic rings. The van der Waals surface area contributed by atoms with Gasteiger partial charge in [-0.3, -0.25) is 0 Å². The summed E-state index contributed by atoms with van der Waals surface area (Å²) in [7, 11) is 1.92. The van der Waals surface area contributed by atoms with E-state index >= 15 is 0 Å². The van der Waals surface area contributed by atoms with Crippen LogP contribution in [0.25, 0.3) is 0 Å². The van der Waals surface area contributed by atoms with Crippen molar-refractivity contribution in [1.82, 2.24) is 9.80 Å². The van der Waals surface area contributed by atoms with Crippen LogP contribution in [0.3, 0.4) is 0 Å². The van der Waals surface area contributed by atoms with Gasteiger partial charge in [0.2, 0.25) is 0 Å². The van der Waals surface area contributed by atoms with Crippen LogP contribution in [-0.4, -0.2) is 48.1 Å². The van der Waals surface area contributed by atoms with E-state index in [1.54, 1.807) is 0 Å². The molecule has 0 unspecified atom stereocenters. The van der Waals surface area contributed by atoms with Gasteiger partial charge in [-0.1, -0.05) is 6.92 Å². The lowest BCUT2D eigenvalue weighted by molar-refractivity contribution is 0.0712. The van der Waals surface area contributed by atoms with Crippen LogP contribution in [0.4, 0.5) is 4.79 Å². The predicted octanol–water partition coefficient (Wildman–Crippen LogP) is 2.29. The number of nitrogens with two attached hydrogens (primary N) is 1. The van der Waals surface area contributed by atoms with Gasteiger partial charge in [-0.15, -0.1) is 0 Å². The number of hydrogen-bond donors (Lipinski definition) is 1. The SMILES string of the molecule is CCN(CC)C(=O)N(C)C1(CN)CCC(C)CC1. The number of amides is 2. The van der Waals surface area contributed by atoms with Gasteiger partial charge in [0.1, 0.15) is 0 Å². The molecule has 1 saturated carbocycles. The first kappa shape index (κ1) is 15.3. The molecule has 0 atom stereocenters. The lowest BCUT2D eigenvalue weighted by Gasteiger charge is -2.46. The Morgan fingerprint density at radius 3 is 2.17 bits per heavy atom. The maximum absolute atomic E-state index is 12.4. The second kappa shape index (κ2) is 6.41. The monoisotopic (exact) mass is 255 g/mol. The topological polar surface area (TPSA) is 49.6 Å². The molecular weight excluding hydrogens is 226 g/mol. The predicted molar refractivity (Wildman–Crippen MR) is 75.5 cm³/mol. The highest BCUT2D eigenvalue weighted by Crippen LogP contribution is 2.35. The van der Waals surface area contributed by atoms with E-state index in [1.165, 1.54) is 12.8 Å². The van der Waals surface area contributed by atoms with E-state index in [-0.39, 0.29) is 11.6 Å². The first-order valence-electron chi connectivity index (χ1n) is 7.23. The highest BCUT2D eigenvalue weighted by Gasteiger charge is 2.39. The Balaban J connectivity index is 2.78. The zero-order chi connectivity index (χ0) is 13.8. The minimum Gasteiger partial charge on any atom is -0.328 e. The van der Waals surface area contributed by atoms with E-state index in [0.717, 1.165) is 31.8 Å². The van der Waals surface area contributed by atoms with Crippen LogP contribution in [0.1, 0.15) is 46.5 Å². The zero-order valence-electron chi connectivity index (χ0n) is 12.4. The Bertz CT molecular complexity index is 268. The van der Waals surface area contributed by atoms with Gasteiger partial charge in [-0.2, -0.15) is 0 Å². The minimum atomic E-state index is -0.119. The zero-order valence-corrected chi connectivity index (χ0v) is 12.4. The number of likely N-dealkylation sites (N-methyl/N-ethyl adjacent to an activating group) is 1. The molecule has 0 aliphatic heterocycles. The van der Waals surface area contributed by atoms with Crippen molar-refractivity contribution in [2.45, 2.75) is 52.0 Å². The van der Waals surface area contributed by atoms with Crippen molar-refractivity contribution < 1.29 is 4.79 Å². The molecule has 106 valence electrons. The van der Waals surface area contributed by atoms with Crippen molar-refractivity contribution in [3.8, 4) is 0 Å². The smallest absolute Gasteiger partial charge is 0.320 e. The average Bonchev–Trinajstić information content (AvgIpc) is 2.40. The molecule has 0 aromatic heterocycles. The molecule has 1 fully saturated rings. The summed E-state index contributed by atoms with van der Waals surface area (Å²) in [6, 6.07) is 0.125. The van der Waals surface area contributed by atoms with Gasteiger partial charge in [0.15, 0.2) is 0 Å². The summed E-state index contributed by atoms with van der Waals surface area (Å²) in [6.07, 6.45) is 4.42. The number of urea groups is 1. The molecule has 2 N–H and O–H groups in total. The molecule has 2 amide bonds. The van der Waals surface area contributed by atoms with Gasteiger partial charge in [-0.05, 0) is 45.4 Å². The maximum atomic E-state index is 12.4. The molecule has 0 saturated heterocycles. The van der Waals surface area contributed by atoms with E-state index in [2.05, 4.69) is 6.92 Å². The van der Waals surface area contributed by atoms with Crippen LogP contribution < -0.4 is 5.73 Å². The molecule has 1 rings (SSSR count). The fourth-order valence-corrected chi connectivity index (χ4v) is 2.89. The molecule has 0 radical (unpaired) electrons. The highest BCUT2D eigenvalue weighted by molar-refractivity contribution is 5.75. The van der Waals surface area contributed by atoms with Crippen molar-refractivity contribution in [2.75, 3.05) is 26.7 Å². The van der Waals surface area contributed by atoms with E-state index in [1.807, 2.05) is 30.7 Å². The molecule has 0 heterocycles. The lowest BCUT2D eigenvalue weighted by Crippen LogP contribution is -2.59. The Labute approximate surface area is 111 Å². The molecule has 0 bridgehead atoms. The molecule has 0 aromatic rings. The van der Waals surface area contributed by atoms with Crippen molar-refractivity contribution in [2.24, 2.45) is 11.7 Å². The van der Waals surface area contributed by atoms with Crippen LogP contribution in [0.15, 0.2) is 0 Å². The Hall–Kier alpha value is -0.770. The first-order valence-corrected chi connectivity index (χ1v) is 7.23. The van der Waals surface area contributed by atoms with Gasteiger partial charge in [0.25, 0.3) is 0 Å². The van der Waals surface area contributed by atoms with Crippen LogP contribution in [0.2, 0.25) is 0 Å². The van der Waals surface area contributed by atoms with E-state index < -0.39 is 0 Å². The molecule has 0 spiro atoms. The van der Waals surface area contributed by atoms with Gasteiger partial charge < -0.3 is 15.5 Å². The quantitative estimate of drug-likeness (QED) is 0.838. The number of hydrogen-bond acceptors (Lipinski definition) is 2. The summed E-state index contributed by atoms with van der Waals surface area (Å²) in [6.45, 7) is 8.42. The molecule has 1 aliphatic carbocycles. The van der Waals surface area contributed by atoms with E-state index in [9.17, 15) is 4.79 Å². The summed E-state index contributed by atoms with van der Waals surface area (Å²) >= 11 is 0. The average molecular weight is 255 g/mol. The summed E-state index contributed by atoms with van der Waals surface area (Å²) in [4.78, 5) is 16.2. The maximum Gasteiger partial charge on any atom is 0.320 e. The third-order valence-electron chi connectivity index (χ3n) is 4.62. The van der Waals surface area contributed by atoms with Crippen molar-refractivity contribution in [3.63, 3.8) is 0 Å². The Morgan fingerprint density at radius 2 is 1.78 bits per heavy atom. The molecule has 18 heavy (non-hydrogen) atoms. The Morgan fingerprint density at radius 1 is 1.28 bits per heavy atom. The second-order valence-corrected chi connectivity index (χ2v) is 5.62. The number of rotatable bonds is 4. The van der Waals surface area contributed by atoms with Crippen molar-refractivity contribution in [1.29, 1.82) is 0 Å². The number of carbonyl (C=O) groups is 1. The number of nitrogens with zero attached hydrogens (tertiary/aromatic N) is 2. The van der Waals surface area contributed by atoms with Crippen molar-refractivity contribution in [3.05, 3.63) is 0 Å². The van der Waals surface area contributed by atoms with Gasteiger partial charge >= 0.3 is 6.03 Å². The third-order valence-corrected chi connectivity index (χ3v) is 4.62. The second-order valence-electron chi connectivity index (χ2n) is 5.62. The van der Waals surface area contributed by atoms with E-state index in [4.69, 9.17) is 5.73 Å². The Kier molecular flexibility index (Phi) is 5.45. The fourth-order valence-electron chi connectivity index (χ4n) is 2.89. The fraction of sp³-hybridized carbons (Fsp3) is 0.929. The first-order chi connectivity index (χ1) is 8.50. The summed E-state index contributed by atoms with van der Waals surface area (Å²) in [5.41, 5.74) is 5.87. The molecule has 4 nitrogen and oxygen atoms in total. The van der Waals surface area contributed by atoms with Crippen LogP contribution in [0.5, 0.6) is 0 Å². The normalized spacial score (nSPS) is 27.9. The lowest BCUT2D eigenvalue weighted by atomic mass is 9.76. The van der Waals surface area contributed by atoms with E-state index in [0.29, 0.717) is 6.54 Å². The number of carbonyl (C=O) groups excluding carboxylic acids is 1. The highest BCUT2D eigenvalue weighted by atomic mass is 16.2. The molecule has 4 heteroatoms. The van der Waals surface area contributed by atoms with Gasteiger partial charge in [-0.25, -0.2) is 4.79 Å². The molecule has 0 aromatic carbocycles. The van der Waals surface area contributed by atoms with Crippen LogP contribution in [-0.2, 0) is 0 Å². The third kappa shape index (κ3) is 2.97. The van der Waals surface area contributed by atoms with Crippen LogP contribution >= 0.6 is 0 Å².